The van der Waals surface area contributed by atoms with Crippen molar-refractivity contribution in [2.75, 3.05) is 26.2 Å². The van der Waals surface area contributed by atoms with Gasteiger partial charge in [-0.25, -0.2) is 4.79 Å². The summed E-state index contributed by atoms with van der Waals surface area (Å²) >= 11 is 0. The predicted octanol–water partition coefficient (Wildman–Crippen LogP) is 3.55. The molecule has 1 saturated heterocycles. The molecule has 2 aliphatic rings. The fourth-order valence-electron chi connectivity index (χ4n) is 3.91. The van der Waals surface area contributed by atoms with Crippen LogP contribution in [0.1, 0.15) is 49.7 Å². The standard InChI is InChI=1S/C20H31N3O/c1-17-7-5-8-18(15-17)16-22-11-6-12-23(14-13-22)20(24)21-19-9-3-2-4-10-19/h5,7-8,15,19H,2-4,6,9-14,16H2,1H3,(H,21,24). The van der Waals surface area contributed by atoms with Gasteiger partial charge >= 0.3 is 6.03 Å². The molecule has 0 aromatic heterocycles. The van der Waals surface area contributed by atoms with E-state index in [1.54, 1.807) is 0 Å². The molecule has 1 saturated carbocycles. The summed E-state index contributed by atoms with van der Waals surface area (Å²) in [7, 11) is 0. The Hall–Kier alpha value is -1.55. The van der Waals surface area contributed by atoms with E-state index in [2.05, 4.69) is 41.4 Å². The third-order valence-corrected chi connectivity index (χ3v) is 5.30. The summed E-state index contributed by atoms with van der Waals surface area (Å²) < 4.78 is 0. The summed E-state index contributed by atoms with van der Waals surface area (Å²) in [4.78, 5) is 17.0. The first kappa shape index (κ1) is 17.3. The van der Waals surface area contributed by atoms with Crippen molar-refractivity contribution < 1.29 is 4.79 Å². The zero-order valence-corrected chi connectivity index (χ0v) is 15.0. The number of nitrogens with zero attached hydrogens (tertiary/aromatic N) is 2. The highest BCUT2D eigenvalue weighted by Gasteiger charge is 2.22. The van der Waals surface area contributed by atoms with Crippen molar-refractivity contribution >= 4 is 6.03 Å². The number of nitrogens with one attached hydrogen (secondary N) is 1. The Labute approximate surface area is 146 Å². The van der Waals surface area contributed by atoms with E-state index in [0.717, 1.165) is 52.0 Å². The lowest BCUT2D eigenvalue weighted by Crippen LogP contribution is -2.46. The second-order valence-electron chi connectivity index (χ2n) is 7.39. The van der Waals surface area contributed by atoms with Gasteiger partial charge in [-0.1, -0.05) is 49.1 Å². The Morgan fingerprint density at radius 1 is 1.08 bits per heavy atom. The van der Waals surface area contributed by atoms with Crippen LogP contribution in [0.15, 0.2) is 24.3 Å². The first-order valence-electron chi connectivity index (χ1n) is 9.54. The van der Waals surface area contributed by atoms with Gasteiger partial charge < -0.3 is 10.2 Å². The Balaban J connectivity index is 1.48. The number of aryl methyl sites for hydroxylation is 1. The molecule has 3 rings (SSSR count). The molecule has 1 aliphatic heterocycles. The maximum Gasteiger partial charge on any atom is 0.317 e. The minimum absolute atomic E-state index is 0.152. The second-order valence-corrected chi connectivity index (χ2v) is 7.39. The zero-order valence-electron chi connectivity index (χ0n) is 15.0. The molecule has 0 radical (unpaired) electrons. The molecule has 0 spiro atoms. The molecule has 132 valence electrons. The van der Waals surface area contributed by atoms with Crippen LogP contribution in [-0.2, 0) is 6.54 Å². The number of hydrogen-bond donors (Lipinski definition) is 1. The summed E-state index contributed by atoms with van der Waals surface area (Å²) in [6.45, 7) is 6.88. The Bertz CT molecular complexity index is 539. The van der Waals surface area contributed by atoms with Crippen molar-refractivity contribution in [3.63, 3.8) is 0 Å². The van der Waals surface area contributed by atoms with Gasteiger partial charge in [0.25, 0.3) is 0 Å². The Morgan fingerprint density at radius 3 is 2.71 bits per heavy atom. The molecular weight excluding hydrogens is 298 g/mol. The predicted molar refractivity (Wildman–Crippen MR) is 98.1 cm³/mol. The van der Waals surface area contributed by atoms with Crippen LogP contribution in [0.25, 0.3) is 0 Å². The van der Waals surface area contributed by atoms with Gasteiger partial charge in [0.2, 0.25) is 0 Å². The lowest BCUT2D eigenvalue weighted by Gasteiger charge is -2.27. The van der Waals surface area contributed by atoms with Crippen molar-refractivity contribution in [3.8, 4) is 0 Å². The summed E-state index contributed by atoms with van der Waals surface area (Å²) in [5.74, 6) is 0. The first-order valence-corrected chi connectivity index (χ1v) is 9.54. The van der Waals surface area contributed by atoms with Crippen LogP contribution in [0.5, 0.6) is 0 Å². The molecule has 1 aromatic rings. The highest BCUT2D eigenvalue weighted by atomic mass is 16.2. The lowest BCUT2D eigenvalue weighted by atomic mass is 9.96. The average Bonchev–Trinajstić information content (AvgIpc) is 2.81. The Morgan fingerprint density at radius 2 is 1.92 bits per heavy atom. The van der Waals surface area contributed by atoms with Gasteiger partial charge in [-0.05, 0) is 31.7 Å². The third kappa shape index (κ3) is 4.97. The minimum atomic E-state index is 0.152. The van der Waals surface area contributed by atoms with E-state index in [4.69, 9.17) is 0 Å². The van der Waals surface area contributed by atoms with Crippen LogP contribution in [-0.4, -0.2) is 48.1 Å². The maximum absolute atomic E-state index is 12.5. The van der Waals surface area contributed by atoms with Crippen LogP contribution >= 0.6 is 0 Å². The topological polar surface area (TPSA) is 35.6 Å². The number of carbonyl (C=O) groups is 1. The van der Waals surface area contributed by atoms with E-state index in [0.29, 0.717) is 6.04 Å². The van der Waals surface area contributed by atoms with Crippen molar-refractivity contribution in [1.82, 2.24) is 15.1 Å². The average molecular weight is 329 g/mol. The highest BCUT2D eigenvalue weighted by molar-refractivity contribution is 5.74. The van der Waals surface area contributed by atoms with E-state index in [1.165, 1.54) is 30.4 Å². The van der Waals surface area contributed by atoms with Gasteiger partial charge in [0, 0.05) is 38.8 Å². The normalized spacial score (nSPS) is 20.6. The van der Waals surface area contributed by atoms with Crippen molar-refractivity contribution in [2.45, 2.75) is 58.0 Å². The highest BCUT2D eigenvalue weighted by Crippen LogP contribution is 2.18. The largest absolute Gasteiger partial charge is 0.335 e. The van der Waals surface area contributed by atoms with Gasteiger partial charge in [-0.3, -0.25) is 4.90 Å². The van der Waals surface area contributed by atoms with Crippen LogP contribution in [0.4, 0.5) is 4.79 Å². The van der Waals surface area contributed by atoms with E-state index in [1.807, 2.05) is 4.90 Å². The smallest absolute Gasteiger partial charge is 0.317 e. The number of rotatable bonds is 3. The molecule has 2 amide bonds. The maximum atomic E-state index is 12.5. The first-order chi connectivity index (χ1) is 11.7. The molecule has 1 aromatic carbocycles. The number of amides is 2. The zero-order chi connectivity index (χ0) is 16.8. The molecule has 0 atom stereocenters. The van der Waals surface area contributed by atoms with Crippen molar-refractivity contribution in [1.29, 1.82) is 0 Å². The summed E-state index contributed by atoms with van der Waals surface area (Å²) in [5.41, 5.74) is 2.69. The molecule has 24 heavy (non-hydrogen) atoms. The van der Waals surface area contributed by atoms with Crippen LogP contribution in [0.3, 0.4) is 0 Å². The quantitative estimate of drug-likeness (QED) is 0.920. The van der Waals surface area contributed by atoms with Gasteiger partial charge in [0.05, 0.1) is 0 Å². The van der Waals surface area contributed by atoms with Crippen LogP contribution in [0.2, 0.25) is 0 Å². The van der Waals surface area contributed by atoms with Gasteiger partial charge in [0.15, 0.2) is 0 Å². The molecule has 4 nitrogen and oxygen atoms in total. The minimum Gasteiger partial charge on any atom is -0.335 e. The molecule has 1 heterocycles. The third-order valence-electron chi connectivity index (χ3n) is 5.30. The van der Waals surface area contributed by atoms with Gasteiger partial charge in [0.1, 0.15) is 0 Å². The second kappa shape index (κ2) is 8.52. The molecule has 2 fully saturated rings. The fourth-order valence-corrected chi connectivity index (χ4v) is 3.91. The number of carbonyl (C=O) groups excluding carboxylic acids is 1. The van der Waals surface area contributed by atoms with Crippen molar-refractivity contribution in [2.24, 2.45) is 0 Å². The van der Waals surface area contributed by atoms with Crippen LogP contribution in [0, 0.1) is 6.92 Å². The number of benzene rings is 1. The molecular formula is C20H31N3O. The van der Waals surface area contributed by atoms with E-state index < -0.39 is 0 Å². The molecule has 0 unspecified atom stereocenters. The summed E-state index contributed by atoms with van der Waals surface area (Å²) in [6, 6.07) is 9.29. The van der Waals surface area contributed by atoms with Gasteiger partial charge in [-0.2, -0.15) is 0 Å². The Kier molecular flexibility index (Phi) is 6.13. The molecule has 1 aliphatic carbocycles. The molecule has 0 bridgehead atoms. The van der Waals surface area contributed by atoms with Gasteiger partial charge in [-0.15, -0.1) is 0 Å². The molecule has 4 heteroatoms. The van der Waals surface area contributed by atoms with E-state index in [-0.39, 0.29) is 6.03 Å². The monoisotopic (exact) mass is 329 g/mol. The van der Waals surface area contributed by atoms with Crippen LogP contribution < -0.4 is 5.32 Å². The lowest BCUT2D eigenvalue weighted by molar-refractivity contribution is 0.190. The summed E-state index contributed by atoms with van der Waals surface area (Å²) in [6.07, 6.45) is 7.20. The van der Waals surface area contributed by atoms with Crippen molar-refractivity contribution in [3.05, 3.63) is 35.4 Å². The van der Waals surface area contributed by atoms with E-state index >= 15 is 0 Å². The fraction of sp³-hybridized carbons (Fsp3) is 0.650. The molecule has 1 N–H and O–H groups in total. The van der Waals surface area contributed by atoms with E-state index in [9.17, 15) is 4.79 Å². The summed E-state index contributed by atoms with van der Waals surface area (Å²) in [5, 5.41) is 3.26. The number of urea groups is 1. The SMILES string of the molecule is Cc1cccc(CN2CCCN(C(=O)NC3CCCCC3)CC2)c1. The number of hydrogen-bond acceptors (Lipinski definition) is 2.